The Morgan fingerprint density at radius 1 is 1.18 bits per heavy atom. The van der Waals surface area contributed by atoms with Crippen molar-refractivity contribution in [1.82, 2.24) is 10.6 Å². The third-order valence-electron chi connectivity index (χ3n) is 2.60. The highest BCUT2D eigenvalue weighted by atomic mass is 16.1. The second-order valence-electron chi connectivity index (χ2n) is 4.74. The highest BCUT2D eigenvalue weighted by molar-refractivity contribution is 5.78. The van der Waals surface area contributed by atoms with Gasteiger partial charge in [0.2, 0.25) is 5.91 Å². The van der Waals surface area contributed by atoms with E-state index in [1.54, 1.807) is 0 Å². The molecule has 0 aliphatic carbocycles. The highest BCUT2D eigenvalue weighted by Crippen LogP contribution is 2.12. The van der Waals surface area contributed by atoms with Gasteiger partial charge in [0.05, 0.1) is 6.54 Å². The smallest absolute Gasteiger partial charge is 0.234 e. The lowest BCUT2D eigenvalue weighted by Gasteiger charge is -2.15. The van der Waals surface area contributed by atoms with Crippen molar-refractivity contribution < 1.29 is 4.79 Å². The predicted octanol–water partition coefficient (Wildman–Crippen LogP) is 2.17. The Hall–Kier alpha value is -1.35. The quantitative estimate of drug-likeness (QED) is 0.820. The van der Waals surface area contributed by atoms with Crippen molar-refractivity contribution in [2.45, 2.75) is 39.8 Å². The molecule has 0 aliphatic rings. The Balaban J connectivity index is 2.42. The first kappa shape index (κ1) is 13.7. The van der Waals surface area contributed by atoms with Gasteiger partial charge >= 0.3 is 0 Å². The summed E-state index contributed by atoms with van der Waals surface area (Å²) in [7, 11) is 0. The Morgan fingerprint density at radius 3 is 2.29 bits per heavy atom. The van der Waals surface area contributed by atoms with Crippen molar-refractivity contribution in [2.24, 2.45) is 0 Å². The molecule has 3 heteroatoms. The number of hydrogen-bond acceptors (Lipinski definition) is 2. The molecular formula is C14H22N2O. The summed E-state index contributed by atoms with van der Waals surface area (Å²) in [6, 6.07) is 8.73. The van der Waals surface area contributed by atoms with Gasteiger partial charge in [0.15, 0.2) is 0 Å². The summed E-state index contributed by atoms with van der Waals surface area (Å²) in [5, 5.41) is 6.07. The third-order valence-corrected chi connectivity index (χ3v) is 2.60. The number of hydrogen-bond donors (Lipinski definition) is 2. The van der Waals surface area contributed by atoms with Gasteiger partial charge in [-0.05, 0) is 33.3 Å². The van der Waals surface area contributed by atoms with Crippen LogP contribution in [-0.2, 0) is 4.79 Å². The van der Waals surface area contributed by atoms with E-state index in [2.05, 4.69) is 48.7 Å². The topological polar surface area (TPSA) is 41.1 Å². The molecule has 17 heavy (non-hydrogen) atoms. The van der Waals surface area contributed by atoms with E-state index >= 15 is 0 Å². The van der Waals surface area contributed by atoms with E-state index in [4.69, 9.17) is 0 Å². The monoisotopic (exact) mass is 234 g/mol. The van der Waals surface area contributed by atoms with Crippen LogP contribution in [0.1, 0.15) is 37.9 Å². The minimum absolute atomic E-state index is 0.0407. The Labute approximate surface area is 104 Å². The molecule has 0 heterocycles. The van der Waals surface area contributed by atoms with Crippen LogP contribution >= 0.6 is 0 Å². The van der Waals surface area contributed by atoms with Gasteiger partial charge in [-0.15, -0.1) is 0 Å². The molecule has 1 rings (SSSR count). The summed E-state index contributed by atoms with van der Waals surface area (Å²) in [6.07, 6.45) is 0. The SMILES string of the molecule is Cc1ccc([C@@H](C)NCC(=O)NC(C)C)cc1. The maximum absolute atomic E-state index is 11.5. The van der Waals surface area contributed by atoms with Gasteiger partial charge in [-0.3, -0.25) is 4.79 Å². The summed E-state index contributed by atoms with van der Waals surface area (Å²) < 4.78 is 0. The summed E-state index contributed by atoms with van der Waals surface area (Å²) in [4.78, 5) is 11.5. The second kappa shape index (κ2) is 6.40. The van der Waals surface area contributed by atoms with E-state index in [9.17, 15) is 4.79 Å². The zero-order valence-corrected chi connectivity index (χ0v) is 11.1. The van der Waals surface area contributed by atoms with E-state index in [0.717, 1.165) is 0 Å². The standard InChI is InChI=1S/C14H22N2O/c1-10(2)16-14(17)9-15-12(4)13-7-5-11(3)6-8-13/h5-8,10,12,15H,9H2,1-4H3,(H,16,17)/t12-/m1/s1. The molecular weight excluding hydrogens is 212 g/mol. The van der Waals surface area contributed by atoms with Gasteiger partial charge in [-0.1, -0.05) is 29.8 Å². The van der Waals surface area contributed by atoms with Crippen molar-refractivity contribution in [3.63, 3.8) is 0 Å². The molecule has 3 nitrogen and oxygen atoms in total. The van der Waals surface area contributed by atoms with Gasteiger partial charge in [-0.25, -0.2) is 0 Å². The number of amides is 1. The molecule has 0 aliphatic heterocycles. The Kier molecular flexibility index (Phi) is 5.16. The van der Waals surface area contributed by atoms with E-state index in [-0.39, 0.29) is 18.0 Å². The average molecular weight is 234 g/mol. The van der Waals surface area contributed by atoms with Crippen molar-refractivity contribution in [3.05, 3.63) is 35.4 Å². The molecule has 1 aromatic rings. The maximum atomic E-state index is 11.5. The normalized spacial score (nSPS) is 12.5. The molecule has 0 fully saturated rings. The van der Waals surface area contributed by atoms with Gasteiger partial charge in [0.25, 0.3) is 0 Å². The third kappa shape index (κ3) is 5.00. The van der Waals surface area contributed by atoms with Crippen LogP contribution in [0.25, 0.3) is 0 Å². The summed E-state index contributed by atoms with van der Waals surface area (Å²) in [5.74, 6) is 0.0407. The zero-order chi connectivity index (χ0) is 12.8. The fraction of sp³-hybridized carbons (Fsp3) is 0.500. The van der Waals surface area contributed by atoms with Gasteiger partial charge in [0, 0.05) is 12.1 Å². The van der Waals surface area contributed by atoms with Crippen LogP contribution in [0.2, 0.25) is 0 Å². The van der Waals surface area contributed by atoms with Crippen molar-refractivity contribution in [1.29, 1.82) is 0 Å². The van der Waals surface area contributed by atoms with E-state index < -0.39 is 0 Å². The van der Waals surface area contributed by atoms with Crippen LogP contribution in [0.3, 0.4) is 0 Å². The molecule has 0 saturated heterocycles. The lowest BCUT2D eigenvalue weighted by molar-refractivity contribution is -0.120. The minimum Gasteiger partial charge on any atom is -0.353 e. The van der Waals surface area contributed by atoms with E-state index in [1.807, 2.05) is 13.8 Å². The maximum Gasteiger partial charge on any atom is 0.234 e. The van der Waals surface area contributed by atoms with E-state index in [0.29, 0.717) is 6.54 Å². The first-order chi connectivity index (χ1) is 7.99. The van der Waals surface area contributed by atoms with Gasteiger partial charge in [-0.2, -0.15) is 0 Å². The molecule has 2 N–H and O–H groups in total. The Bertz CT molecular complexity index is 357. The number of aryl methyl sites for hydroxylation is 1. The number of carbonyl (C=O) groups is 1. The number of benzene rings is 1. The average Bonchev–Trinajstić information content (AvgIpc) is 2.26. The number of nitrogens with one attached hydrogen (secondary N) is 2. The lowest BCUT2D eigenvalue weighted by Crippen LogP contribution is -2.38. The van der Waals surface area contributed by atoms with Crippen LogP contribution in [0.15, 0.2) is 24.3 Å². The molecule has 94 valence electrons. The molecule has 1 amide bonds. The first-order valence-electron chi connectivity index (χ1n) is 6.08. The molecule has 0 saturated carbocycles. The van der Waals surface area contributed by atoms with Crippen LogP contribution in [0, 0.1) is 6.92 Å². The summed E-state index contributed by atoms with van der Waals surface area (Å²) in [5.41, 5.74) is 2.45. The molecule has 0 aromatic heterocycles. The lowest BCUT2D eigenvalue weighted by atomic mass is 10.1. The first-order valence-corrected chi connectivity index (χ1v) is 6.08. The molecule has 1 aromatic carbocycles. The summed E-state index contributed by atoms with van der Waals surface area (Å²) >= 11 is 0. The van der Waals surface area contributed by atoms with Crippen LogP contribution in [-0.4, -0.2) is 18.5 Å². The van der Waals surface area contributed by atoms with Crippen molar-refractivity contribution in [2.75, 3.05) is 6.54 Å². The van der Waals surface area contributed by atoms with Gasteiger partial charge in [0.1, 0.15) is 0 Å². The number of carbonyl (C=O) groups excluding carboxylic acids is 1. The highest BCUT2D eigenvalue weighted by Gasteiger charge is 2.07. The number of rotatable bonds is 5. The summed E-state index contributed by atoms with van der Waals surface area (Å²) in [6.45, 7) is 8.40. The molecule has 0 radical (unpaired) electrons. The second-order valence-corrected chi connectivity index (χ2v) is 4.74. The van der Waals surface area contributed by atoms with Gasteiger partial charge < -0.3 is 10.6 Å². The molecule has 0 spiro atoms. The van der Waals surface area contributed by atoms with Crippen LogP contribution in [0.4, 0.5) is 0 Å². The fourth-order valence-corrected chi connectivity index (χ4v) is 1.59. The van der Waals surface area contributed by atoms with Crippen LogP contribution < -0.4 is 10.6 Å². The van der Waals surface area contributed by atoms with E-state index in [1.165, 1.54) is 11.1 Å². The predicted molar refractivity (Wildman–Crippen MR) is 70.9 cm³/mol. The Morgan fingerprint density at radius 2 is 1.76 bits per heavy atom. The van der Waals surface area contributed by atoms with Crippen LogP contribution in [0.5, 0.6) is 0 Å². The molecule has 1 atom stereocenters. The largest absolute Gasteiger partial charge is 0.353 e. The minimum atomic E-state index is 0.0407. The molecule has 0 unspecified atom stereocenters. The fourth-order valence-electron chi connectivity index (χ4n) is 1.59. The van der Waals surface area contributed by atoms with Crippen molar-refractivity contribution in [3.8, 4) is 0 Å². The zero-order valence-electron chi connectivity index (χ0n) is 11.1. The molecule has 0 bridgehead atoms. The van der Waals surface area contributed by atoms with Crippen molar-refractivity contribution >= 4 is 5.91 Å².